The predicted octanol–water partition coefficient (Wildman–Crippen LogP) is 1.63. The topological polar surface area (TPSA) is 46.6 Å². The van der Waals surface area contributed by atoms with Crippen molar-refractivity contribution in [2.75, 3.05) is 19.7 Å². The molecule has 0 aromatic carbocycles. The molecule has 4 nitrogen and oxygen atoms in total. The van der Waals surface area contributed by atoms with Gasteiger partial charge in [0.1, 0.15) is 6.42 Å². The second-order valence-electron chi connectivity index (χ2n) is 4.85. The van der Waals surface area contributed by atoms with Crippen molar-refractivity contribution in [3.05, 3.63) is 0 Å². The van der Waals surface area contributed by atoms with Crippen LogP contribution >= 0.6 is 0 Å². The number of Topliss-reactive ketones (excluding diaryl/α,β-unsaturated/α-hetero) is 1. The molecule has 0 saturated carbocycles. The van der Waals surface area contributed by atoms with Gasteiger partial charge in [-0.3, -0.25) is 14.5 Å². The fraction of sp³-hybridized carbons (Fsp3) is 0.846. The van der Waals surface area contributed by atoms with Crippen LogP contribution in [-0.2, 0) is 14.3 Å². The maximum absolute atomic E-state index is 11.7. The molecule has 0 radical (unpaired) electrons. The van der Waals surface area contributed by atoms with Gasteiger partial charge in [0, 0.05) is 6.04 Å². The van der Waals surface area contributed by atoms with E-state index >= 15 is 0 Å². The van der Waals surface area contributed by atoms with Crippen molar-refractivity contribution in [1.29, 1.82) is 0 Å². The lowest BCUT2D eigenvalue weighted by Gasteiger charge is -2.37. The summed E-state index contributed by atoms with van der Waals surface area (Å²) in [6.07, 6.45) is 2.27. The predicted molar refractivity (Wildman–Crippen MR) is 65.7 cm³/mol. The van der Waals surface area contributed by atoms with Crippen molar-refractivity contribution in [3.63, 3.8) is 0 Å². The highest BCUT2D eigenvalue weighted by Crippen LogP contribution is 2.22. The first-order valence-corrected chi connectivity index (χ1v) is 6.46. The molecule has 1 aliphatic heterocycles. The average molecular weight is 241 g/mol. The van der Waals surface area contributed by atoms with E-state index in [2.05, 4.69) is 18.7 Å². The van der Waals surface area contributed by atoms with Gasteiger partial charge in [-0.05, 0) is 39.2 Å². The third-order valence-electron chi connectivity index (χ3n) is 3.53. The Labute approximate surface area is 103 Å². The Morgan fingerprint density at radius 2 is 2.06 bits per heavy atom. The first kappa shape index (κ1) is 14.2. The number of likely N-dealkylation sites (tertiary alicyclic amines) is 1. The number of ketones is 1. The maximum Gasteiger partial charge on any atom is 0.313 e. The van der Waals surface area contributed by atoms with Crippen LogP contribution in [0.25, 0.3) is 0 Å². The van der Waals surface area contributed by atoms with Gasteiger partial charge in [0.05, 0.1) is 13.2 Å². The zero-order valence-electron chi connectivity index (χ0n) is 11.1. The van der Waals surface area contributed by atoms with Crippen LogP contribution in [-0.4, -0.2) is 42.4 Å². The molecule has 0 aromatic rings. The molecule has 1 aliphatic rings. The number of carbonyl (C=O) groups is 2. The summed E-state index contributed by atoms with van der Waals surface area (Å²) in [6.45, 7) is 7.79. The first-order valence-electron chi connectivity index (χ1n) is 6.46. The van der Waals surface area contributed by atoms with Crippen LogP contribution in [0.4, 0.5) is 0 Å². The molecule has 0 bridgehead atoms. The molecule has 0 aliphatic carbocycles. The third-order valence-corrected chi connectivity index (χ3v) is 3.53. The molecule has 4 heteroatoms. The molecule has 0 N–H and O–H groups in total. The van der Waals surface area contributed by atoms with E-state index in [0.29, 0.717) is 25.1 Å². The van der Waals surface area contributed by atoms with Crippen LogP contribution in [0, 0.1) is 5.92 Å². The largest absolute Gasteiger partial charge is 0.466 e. The Morgan fingerprint density at radius 1 is 1.35 bits per heavy atom. The normalized spacial score (nSPS) is 25.6. The molecule has 1 fully saturated rings. The molecule has 1 rings (SSSR count). The number of rotatable bonds is 5. The van der Waals surface area contributed by atoms with E-state index in [9.17, 15) is 9.59 Å². The summed E-state index contributed by atoms with van der Waals surface area (Å²) in [6, 6.07) is 0.426. The summed E-state index contributed by atoms with van der Waals surface area (Å²) in [5.74, 6) is 0.179. The van der Waals surface area contributed by atoms with Gasteiger partial charge in [-0.15, -0.1) is 0 Å². The van der Waals surface area contributed by atoms with Gasteiger partial charge in [0.25, 0.3) is 0 Å². The van der Waals surface area contributed by atoms with E-state index in [1.165, 1.54) is 6.42 Å². The molecule has 98 valence electrons. The summed E-state index contributed by atoms with van der Waals surface area (Å²) < 4.78 is 4.77. The minimum atomic E-state index is -0.407. The van der Waals surface area contributed by atoms with Crippen molar-refractivity contribution in [1.82, 2.24) is 4.90 Å². The van der Waals surface area contributed by atoms with Crippen molar-refractivity contribution in [3.8, 4) is 0 Å². The van der Waals surface area contributed by atoms with E-state index < -0.39 is 5.97 Å². The van der Waals surface area contributed by atoms with Crippen LogP contribution in [0.5, 0.6) is 0 Å². The number of ether oxygens (including phenoxy) is 1. The number of carbonyl (C=O) groups excluding carboxylic acids is 2. The summed E-state index contributed by atoms with van der Waals surface area (Å²) in [4.78, 5) is 25.1. The summed E-state index contributed by atoms with van der Waals surface area (Å²) >= 11 is 0. The number of hydrogen-bond donors (Lipinski definition) is 0. The van der Waals surface area contributed by atoms with Crippen LogP contribution in [0.1, 0.15) is 40.0 Å². The van der Waals surface area contributed by atoms with Gasteiger partial charge >= 0.3 is 5.97 Å². The van der Waals surface area contributed by atoms with Gasteiger partial charge in [0.2, 0.25) is 0 Å². The Hall–Kier alpha value is -0.900. The van der Waals surface area contributed by atoms with Crippen LogP contribution in [0.2, 0.25) is 0 Å². The van der Waals surface area contributed by atoms with E-state index in [4.69, 9.17) is 4.74 Å². The summed E-state index contributed by atoms with van der Waals surface area (Å²) in [7, 11) is 0. The monoisotopic (exact) mass is 241 g/mol. The van der Waals surface area contributed by atoms with Gasteiger partial charge in [-0.1, -0.05) is 6.92 Å². The van der Waals surface area contributed by atoms with Gasteiger partial charge in [0.15, 0.2) is 5.78 Å². The fourth-order valence-corrected chi connectivity index (χ4v) is 2.30. The molecule has 1 saturated heterocycles. The fourth-order valence-electron chi connectivity index (χ4n) is 2.30. The average Bonchev–Trinajstić information content (AvgIpc) is 2.25. The lowest BCUT2D eigenvalue weighted by molar-refractivity contribution is -0.145. The minimum Gasteiger partial charge on any atom is -0.466 e. The number of piperidine rings is 1. The van der Waals surface area contributed by atoms with Crippen LogP contribution in [0.15, 0.2) is 0 Å². The van der Waals surface area contributed by atoms with Crippen molar-refractivity contribution < 1.29 is 14.3 Å². The maximum atomic E-state index is 11.7. The lowest BCUT2D eigenvalue weighted by atomic mass is 9.92. The standard InChI is InChI=1S/C13H23NO3/c1-4-17-13(16)8-12(15)9-14-7-5-6-10(2)11(14)3/h10-11H,4-9H2,1-3H3. The Morgan fingerprint density at radius 3 is 2.71 bits per heavy atom. The Kier molecular flexibility index (Phi) is 5.62. The molecule has 0 spiro atoms. The number of esters is 1. The zero-order valence-corrected chi connectivity index (χ0v) is 11.1. The van der Waals surface area contributed by atoms with E-state index in [1.54, 1.807) is 6.92 Å². The summed E-state index contributed by atoms with van der Waals surface area (Å²) in [5.41, 5.74) is 0. The highest BCUT2D eigenvalue weighted by atomic mass is 16.5. The van der Waals surface area contributed by atoms with Gasteiger partial charge in [-0.25, -0.2) is 0 Å². The minimum absolute atomic E-state index is 0.0376. The van der Waals surface area contributed by atoms with Crippen molar-refractivity contribution >= 4 is 11.8 Å². The van der Waals surface area contributed by atoms with Crippen LogP contribution < -0.4 is 0 Å². The molecule has 0 aromatic heterocycles. The lowest BCUT2D eigenvalue weighted by Crippen LogP contribution is -2.45. The number of nitrogens with zero attached hydrogens (tertiary/aromatic N) is 1. The molecule has 0 amide bonds. The smallest absolute Gasteiger partial charge is 0.313 e. The number of hydrogen-bond acceptors (Lipinski definition) is 4. The van der Waals surface area contributed by atoms with E-state index in [1.807, 2.05) is 0 Å². The third kappa shape index (κ3) is 4.46. The Bertz CT molecular complexity index is 278. The zero-order chi connectivity index (χ0) is 12.8. The molecule has 2 unspecified atom stereocenters. The van der Waals surface area contributed by atoms with Crippen LogP contribution in [0.3, 0.4) is 0 Å². The highest BCUT2D eigenvalue weighted by molar-refractivity contribution is 5.96. The molecule has 1 heterocycles. The molecule has 2 atom stereocenters. The Balaban J connectivity index is 2.37. The first-order chi connectivity index (χ1) is 8.04. The quantitative estimate of drug-likeness (QED) is 0.542. The van der Waals surface area contributed by atoms with Crippen molar-refractivity contribution in [2.24, 2.45) is 5.92 Å². The second kappa shape index (κ2) is 6.74. The molecular formula is C13H23NO3. The van der Waals surface area contributed by atoms with Gasteiger partial charge < -0.3 is 4.74 Å². The van der Waals surface area contributed by atoms with E-state index in [0.717, 1.165) is 13.0 Å². The SMILES string of the molecule is CCOC(=O)CC(=O)CN1CCCC(C)C1C. The summed E-state index contributed by atoms with van der Waals surface area (Å²) in [5, 5.41) is 0. The molecular weight excluding hydrogens is 218 g/mol. The second-order valence-corrected chi connectivity index (χ2v) is 4.85. The van der Waals surface area contributed by atoms with Crippen molar-refractivity contribution in [2.45, 2.75) is 46.1 Å². The van der Waals surface area contributed by atoms with E-state index in [-0.39, 0.29) is 12.2 Å². The van der Waals surface area contributed by atoms with Gasteiger partial charge in [-0.2, -0.15) is 0 Å². The molecule has 17 heavy (non-hydrogen) atoms. The highest BCUT2D eigenvalue weighted by Gasteiger charge is 2.26.